The quantitative estimate of drug-likeness (QED) is 0.399. The standard InChI is InChI=1S/C22H26N4O2S/c1-14(2)12-26-21(17-6-8-23-9-7-17)24-25-22(26)29-13-19(27)18-10-16(4)20(28-5)11-15(18)3/h6-11,14H,12-13H2,1-5H3. The van der Waals surface area contributed by atoms with Crippen LogP contribution in [0.25, 0.3) is 11.4 Å². The molecule has 0 atom stereocenters. The number of Topliss-reactive ketones (excluding diaryl/α,β-unsaturated/α-hetero) is 1. The molecular weight excluding hydrogens is 384 g/mol. The Bertz CT molecular complexity index is 1000. The summed E-state index contributed by atoms with van der Waals surface area (Å²) < 4.78 is 7.43. The van der Waals surface area contributed by atoms with Crippen LogP contribution in [0.2, 0.25) is 0 Å². The minimum absolute atomic E-state index is 0.0720. The molecule has 1 aromatic carbocycles. The molecule has 0 saturated heterocycles. The third-order valence-corrected chi connectivity index (χ3v) is 5.54. The number of hydrogen-bond acceptors (Lipinski definition) is 6. The summed E-state index contributed by atoms with van der Waals surface area (Å²) in [5, 5.41) is 9.49. The van der Waals surface area contributed by atoms with Crippen LogP contribution < -0.4 is 4.74 Å². The highest BCUT2D eigenvalue weighted by Crippen LogP contribution is 2.27. The fraction of sp³-hybridized carbons (Fsp3) is 0.364. The van der Waals surface area contributed by atoms with Gasteiger partial charge in [0, 0.05) is 30.1 Å². The number of rotatable bonds is 8. The average molecular weight is 411 g/mol. The molecule has 29 heavy (non-hydrogen) atoms. The number of hydrogen-bond donors (Lipinski definition) is 0. The van der Waals surface area contributed by atoms with Crippen LogP contribution >= 0.6 is 11.8 Å². The second-order valence-corrected chi connectivity index (χ2v) is 8.34. The van der Waals surface area contributed by atoms with Crippen LogP contribution in [0.1, 0.15) is 35.3 Å². The largest absolute Gasteiger partial charge is 0.496 e. The summed E-state index contributed by atoms with van der Waals surface area (Å²) in [5.74, 6) is 2.40. The number of methoxy groups -OCH3 is 1. The summed E-state index contributed by atoms with van der Waals surface area (Å²) in [6.45, 7) is 8.96. The van der Waals surface area contributed by atoms with Gasteiger partial charge in [-0.25, -0.2) is 0 Å². The summed E-state index contributed by atoms with van der Waals surface area (Å²) in [6, 6.07) is 7.65. The fourth-order valence-corrected chi connectivity index (χ4v) is 3.99. The number of aryl methyl sites for hydroxylation is 2. The Balaban J connectivity index is 1.83. The number of carbonyl (C=O) groups excluding carboxylic acids is 1. The Labute approximate surface area is 175 Å². The third kappa shape index (κ3) is 4.85. The molecule has 0 fully saturated rings. The van der Waals surface area contributed by atoms with Gasteiger partial charge in [-0.2, -0.15) is 0 Å². The first-order valence-corrected chi connectivity index (χ1v) is 10.5. The number of carbonyl (C=O) groups is 1. The maximum absolute atomic E-state index is 12.9. The zero-order chi connectivity index (χ0) is 21.0. The number of aromatic nitrogens is 4. The molecular formula is C22H26N4O2S. The Morgan fingerprint density at radius 2 is 1.86 bits per heavy atom. The Morgan fingerprint density at radius 3 is 2.52 bits per heavy atom. The van der Waals surface area contributed by atoms with Crippen LogP contribution in [-0.4, -0.2) is 38.4 Å². The van der Waals surface area contributed by atoms with Crippen molar-refractivity contribution in [3.63, 3.8) is 0 Å². The lowest BCUT2D eigenvalue weighted by atomic mass is 10.0. The Kier molecular flexibility index (Phi) is 6.69. The zero-order valence-electron chi connectivity index (χ0n) is 17.5. The molecule has 0 amide bonds. The first-order valence-electron chi connectivity index (χ1n) is 9.55. The van der Waals surface area contributed by atoms with E-state index in [1.807, 2.05) is 38.1 Å². The van der Waals surface area contributed by atoms with Gasteiger partial charge in [0.05, 0.1) is 12.9 Å². The van der Waals surface area contributed by atoms with Gasteiger partial charge in [0.15, 0.2) is 16.8 Å². The maximum atomic E-state index is 12.9. The highest BCUT2D eigenvalue weighted by atomic mass is 32.2. The van der Waals surface area contributed by atoms with Gasteiger partial charge in [0.1, 0.15) is 5.75 Å². The van der Waals surface area contributed by atoms with Crippen molar-refractivity contribution in [1.82, 2.24) is 19.7 Å². The zero-order valence-corrected chi connectivity index (χ0v) is 18.3. The Hall–Kier alpha value is -2.67. The number of ketones is 1. The molecule has 0 aliphatic rings. The van der Waals surface area contributed by atoms with E-state index in [4.69, 9.17) is 4.74 Å². The normalized spacial score (nSPS) is 11.1. The molecule has 0 N–H and O–H groups in total. The van der Waals surface area contributed by atoms with E-state index in [2.05, 4.69) is 33.6 Å². The second-order valence-electron chi connectivity index (χ2n) is 7.40. The third-order valence-electron chi connectivity index (χ3n) is 4.58. The predicted molar refractivity (Wildman–Crippen MR) is 116 cm³/mol. The number of ether oxygens (including phenoxy) is 1. The first-order chi connectivity index (χ1) is 13.9. The molecule has 2 aromatic heterocycles. The van der Waals surface area contributed by atoms with Crippen LogP contribution in [-0.2, 0) is 6.54 Å². The first kappa shape index (κ1) is 21.0. The fourth-order valence-electron chi connectivity index (χ4n) is 3.16. The molecule has 0 spiro atoms. The van der Waals surface area contributed by atoms with Crippen LogP contribution in [0.15, 0.2) is 41.8 Å². The van der Waals surface area contributed by atoms with E-state index in [0.717, 1.165) is 45.5 Å². The van der Waals surface area contributed by atoms with E-state index in [0.29, 0.717) is 11.7 Å². The summed E-state index contributed by atoms with van der Waals surface area (Å²) in [5.41, 5.74) is 3.56. The van der Waals surface area contributed by atoms with E-state index in [1.165, 1.54) is 11.8 Å². The minimum Gasteiger partial charge on any atom is -0.496 e. The van der Waals surface area contributed by atoms with Crippen molar-refractivity contribution in [3.8, 4) is 17.1 Å². The summed E-state index contributed by atoms with van der Waals surface area (Å²) in [7, 11) is 1.64. The molecule has 0 radical (unpaired) electrons. The molecule has 6 nitrogen and oxygen atoms in total. The number of thioether (sulfide) groups is 1. The average Bonchev–Trinajstić information content (AvgIpc) is 3.10. The van der Waals surface area contributed by atoms with Crippen molar-refractivity contribution in [1.29, 1.82) is 0 Å². The summed E-state index contributed by atoms with van der Waals surface area (Å²) in [4.78, 5) is 16.9. The molecule has 0 unspecified atom stereocenters. The van der Waals surface area contributed by atoms with Crippen molar-refractivity contribution in [2.24, 2.45) is 5.92 Å². The van der Waals surface area contributed by atoms with Crippen molar-refractivity contribution in [3.05, 3.63) is 53.3 Å². The van der Waals surface area contributed by atoms with Crippen LogP contribution in [0.5, 0.6) is 5.75 Å². The molecule has 2 heterocycles. The number of nitrogens with zero attached hydrogens (tertiary/aromatic N) is 4. The molecule has 7 heteroatoms. The molecule has 0 aliphatic carbocycles. The lowest BCUT2D eigenvalue weighted by Gasteiger charge is -2.13. The van der Waals surface area contributed by atoms with Gasteiger partial charge < -0.3 is 9.30 Å². The minimum atomic E-state index is 0.0720. The van der Waals surface area contributed by atoms with Gasteiger partial charge >= 0.3 is 0 Å². The van der Waals surface area contributed by atoms with E-state index in [-0.39, 0.29) is 5.78 Å². The molecule has 0 bridgehead atoms. The van der Waals surface area contributed by atoms with Gasteiger partial charge in [-0.15, -0.1) is 10.2 Å². The second kappa shape index (κ2) is 9.22. The highest BCUT2D eigenvalue weighted by molar-refractivity contribution is 7.99. The lowest BCUT2D eigenvalue weighted by Crippen LogP contribution is -2.10. The molecule has 3 rings (SSSR count). The van der Waals surface area contributed by atoms with Gasteiger partial charge in [-0.3, -0.25) is 9.78 Å². The van der Waals surface area contributed by atoms with Gasteiger partial charge in [0.25, 0.3) is 0 Å². The molecule has 152 valence electrons. The summed E-state index contributed by atoms with van der Waals surface area (Å²) in [6.07, 6.45) is 3.49. The molecule has 0 aliphatic heterocycles. The van der Waals surface area contributed by atoms with Crippen molar-refractivity contribution in [2.45, 2.75) is 39.4 Å². The molecule has 0 saturated carbocycles. The van der Waals surface area contributed by atoms with Crippen LogP contribution in [0.3, 0.4) is 0 Å². The van der Waals surface area contributed by atoms with E-state index < -0.39 is 0 Å². The Morgan fingerprint density at radius 1 is 1.14 bits per heavy atom. The molecule has 3 aromatic rings. The van der Waals surface area contributed by atoms with Crippen LogP contribution in [0.4, 0.5) is 0 Å². The van der Waals surface area contributed by atoms with E-state index in [9.17, 15) is 4.79 Å². The lowest BCUT2D eigenvalue weighted by molar-refractivity contribution is 0.102. The topological polar surface area (TPSA) is 69.9 Å². The smallest absolute Gasteiger partial charge is 0.191 e. The summed E-state index contributed by atoms with van der Waals surface area (Å²) >= 11 is 1.42. The van der Waals surface area contributed by atoms with Crippen molar-refractivity contribution >= 4 is 17.5 Å². The SMILES string of the molecule is COc1cc(C)c(C(=O)CSc2nnc(-c3ccncc3)n2CC(C)C)cc1C. The maximum Gasteiger partial charge on any atom is 0.191 e. The number of benzene rings is 1. The van der Waals surface area contributed by atoms with Gasteiger partial charge in [0.2, 0.25) is 0 Å². The van der Waals surface area contributed by atoms with Gasteiger partial charge in [-0.05, 0) is 55.2 Å². The van der Waals surface area contributed by atoms with Crippen molar-refractivity contribution < 1.29 is 9.53 Å². The number of pyridine rings is 1. The predicted octanol–water partition coefficient (Wildman–Crippen LogP) is 4.60. The van der Waals surface area contributed by atoms with Crippen LogP contribution in [0, 0.1) is 19.8 Å². The van der Waals surface area contributed by atoms with E-state index >= 15 is 0 Å². The van der Waals surface area contributed by atoms with Gasteiger partial charge in [-0.1, -0.05) is 25.6 Å². The monoisotopic (exact) mass is 410 g/mol. The van der Waals surface area contributed by atoms with Crippen molar-refractivity contribution in [2.75, 3.05) is 12.9 Å². The van der Waals surface area contributed by atoms with E-state index in [1.54, 1.807) is 19.5 Å². The highest BCUT2D eigenvalue weighted by Gasteiger charge is 2.18.